The summed E-state index contributed by atoms with van der Waals surface area (Å²) in [6.45, 7) is 3.50. The Morgan fingerprint density at radius 2 is 2.00 bits per heavy atom. The summed E-state index contributed by atoms with van der Waals surface area (Å²) in [6, 6.07) is 10.8. The molecule has 0 radical (unpaired) electrons. The molecule has 0 aliphatic rings. The zero-order valence-electron chi connectivity index (χ0n) is 12.0. The first-order valence-corrected chi connectivity index (χ1v) is 6.56. The van der Waals surface area contributed by atoms with Crippen LogP contribution in [0, 0.1) is 25.7 Å². The number of aromatic nitrogens is 1. The Kier molecular flexibility index (Phi) is 4.70. The van der Waals surface area contributed by atoms with Gasteiger partial charge in [-0.3, -0.25) is 4.79 Å². The van der Waals surface area contributed by atoms with E-state index in [9.17, 15) is 4.79 Å². The molecule has 0 atom stereocenters. The Hall–Kier alpha value is -2.64. The quantitative estimate of drug-likeness (QED) is 0.830. The zero-order chi connectivity index (χ0) is 15.2. The van der Waals surface area contributed by atoms with Gasteiger partial charge in [-0.1, -0.05) is 24.0 Å². The molecule has 4 nitrogen and oxygen atoms in total. The van der Waals surface area contributed by atoms with Gasteiger partial charge in [-0.25, -0.2) is 4.98 Å². The average molecular weight is 280 g/mol. The van der Waals surface area contributed by atoms with Crippen molar-refractivity contribution >= 4 is 11.7 Å². The van der Waals surface area contributed by atoms with Gasteiger partial charge in [-0.15, -0.1) is 0 Å². The molecular formula is C17H16N2O2. The largest absolute Gasteiger partial charge is 0.384 e. The van der Waals surface area contributed by atoms with Crippen LogP contribution < -0.4 is 5.32 Å². The van der Waals surface area contributed by atoms with Gasteiger partial charge >= 0.3 is 0 Å². The van der Waals surface area contributed by atoms with E-state index in [2.05, 4.69) is 22.1 Å². The number of aliphatic hydroxyl groups excluding tert-OH is 1. The summed E-state index contributed by atoms with van der Waals surface area (Å²) in [4.78, 5) is 16.6. The number of hydrogen-bond acceptors (Lipinski definition) is 3. The van der Waals surface area contributed by atoms with Crippen molar-refractivity contribution in [3.05, 3.63) is 58.8 Å². The summed E-state index contributed by atoms with van der Waals surface area (Å²) < 4.78 is 0. The van der Waals surface area contributed by atoms with E-state index in [0.29, 0.717) is 11.4 Å². The van der Waals surface area contributed by atoms with Crippen molar-refractivity contribution < 1.29 is 9.90 Å². The van der Waals surface area contributed by atoms with E-state index in [1.165, 1.54) is 0 Å². The zero-order valence-corrected chi connectivity index (χ0v) is 12.0. The number of carbonyl (C=O) groups is 1. The lowest BCUT2D eigenvalue weighted by atomic mass is 10.0. The van der Waals surface area contributed by atoms with Crippen LogP contribution in [0.3, 0.4) is 0 Å². The molecule has 0 aliphatic carbocycles. The van der Waals surface area contributed by atoms with Gasteiger partial charge in [0, 0.05) is 16.8 Å². The van der Waals surface area contributed by atoms with Crippen LogP contribution in [0.1, 0.15) is 27.2 Å². The Balaban J connectivity index is 2.27. The molecule has 21 heavy (non-hydrogen) atoms. The van der Waals surface area contributed by atoms with Gasteiger partial charge in [0.1, 0.15) is 12.4 Å². The standard InChI is InChI=1S/C17H16N2O2/c1-12-6-3-10-16(18-12)19-17(21)15-9-4-7-14(13(15)2)8-5-11-20/h3-4,6-7,9-10,20H,11H2,1-2H3,(H,18,19,21). The van der Waals surface area contributed by atoms with E-state index in [1.807, 2.05) is 32.0 Å². The van der Waals surface area contributed by atoms with Crippen molar-refractivity contribution in [2.24, 2.45) is 0 Å². The highest BCUT2D eigenvalue weighted by atomic mass is 16.2. The van der Waals surface area contributed by atoms with Gasteiger partial charge in [0.15, 0.2) is 0 Å². The molecule has 4 heteroatoms. The van der Waals surface area contributed by atoms with Crippen molar-refractivity contribution in [2.75, 3.05) is 11.9 Å². The average Bonchev–Trinajstić information content (AvgIpc) is 2.46. The molecule has 106 valence electrons. The maximum absolute atomic E-state index is 12.3. The maximum atomic E-state index is 12.3. The maximum Gasteiger partial charge on any atom is 0.257 e. The number of carbonyl (C=O) groups excluding carboxylic acids is 1. The number of rotatable bonds is 2. The van der Waals surface area contributed by atoms with Gasteiger partial charge < -0.3 is 10.4 Å². The third kappa shape index (κ3) is 3.68. The molecule has 1 heterocycles. The predicted molar refractivity (Wildman–Crippen MR) is 82.1 cm³/mol. The van der Waals surface area contributed by atoms with E-state index in [4.69, 9.17) is 5.11 Å². The number of nitrogens with one attached hydrogen (secondary N) is 1. The summed E-state index contributed by atoms with van der Waals surface area (Å²) in [5, 5.41) is 11.5. The predicted octanol–water partition coefficient (Wildman–Crippen LogP) is 2.29. The molecule has 2 N–H and O–H groups in total. The number of aliphatic hydroxyl groups is 1. The minimum atomic E-state index is -0.224. The van der Waals surface area contributed by atoms with E-state index < -0.39 is 0 Å². The fraction of sp³-hybridized carbons (Fsp3) is 0.176. The lowest BCUT2D eigenvalue weighted by Gasteiger charge is -2.09. The second-order valence-electron chi connectivity index (χ2n) is 4.56. The number of anilines is 1. The number of nitrogens with zero attached hydrogens (tertiary/aromatic N) is 1. The Morgan fingerprint density at radius 1 is 1.24 bits per heavy atom. The molecule has 0 unspecified atom stereocenters. The molecule has 0 fully saturated rings. The smallest absolute Gasteiger partial charge is 0.257 e. The summed E-state index contributed by atoms with van der Waals surface area (Å²) in [7, 11) is 0. The first-order valence-electron chi connectivity index (χ1n) is 6.56. The van der Waals surface area contributed by atoms with E-state index in [0.717, 1.165) is 16.8 Å². The molecule has 0 saturated heterocycles. The minimum Gasteiger partial charge on any atom is -0.384 e. The van der Waals surface area contributed by atoms with Crippen molar-refractivity contribution in [3.63, 3.8) is 0 Å². The van der Waals surface area contributed by atoms with Crippen LogP contribution in [0.25, 0.3) is 0 Å². The van der Waals surface area contributed by atoms with Gasteiger partial charge in [-0.2, -0.15) is 0 Å². The second-order valence-corrected chi connectivity index (χ2v) is 4.56. The molecule has 2 aromatic rings. The van der Waals surface area contributed by atoms with E-state index in [1.54, 1.807) is 18.2 Å². The van der Waals surface area contributed by atoms with E-state index in [-0.39, 0.29) is 12.5 Å². The SMILES string of the molecule is Cc1cccc(NC(=O)c2cccc(C#CCO)c2C)n1. The van der Waals surface area contributed by atoms with Gasteiger partial charge in [0.2, 0.25) is 0 Å². The van der Waals surface area contributed by atoms with Crippen molar-refractivity contribution in [3.8, 4) is 11.8 Å². The fourth-order valence-electron chi connectivity index (χ4n) is 1.95. The highest BCUT2D eigenvalue weighted by Crippen LogP contribution is 2.15. The number of pyridine rings is 1. The Morgan fingerprint density at radius 3 is 2.71 bits per heavy atom. The number of benzene rings is 1. The van der Waals surface area contributed by atoms with Crippen LogP contribution in [0.5, 0.6) is 0 Å². The van der Waals surface area contributed by atoms with E-state index >= 15 is 0 Å². The topological polar surface area (TPSA) is 62.2 Å². The lowest BCUT2D eigenvalue weighted by molar-refractivity contribution is 0.102. The summed E-state index contributed by atoms with van der Waals surface area (Å²) in [5.74, 6) is 5.72. The number of hydrogen-bond donors (Lipinski definition) is 2. The molecule has 2 rings (SSSR count). The van der Waals surface area contributed by atoms with Crippen molar-refractivity contribution in [2.45, 2.75) is 13.8 Å². The third-order valence-corrected chi connectivity index (χ3v) is 3.01. The van der Waals surface area contributed by atoms with Crippen molar-refractivity contribution in [1.29, 1.82) is 0 Å². The van der Waals surface area contributed by atoms with Crippen LogP contribution in [-0.2, 0) is 0 Å². The summed E-state index contributed by atoms with van der Waals surface area (Å²) in [5.41, 5.74) is 2.90. The highest BCUT2D eigenvalue weighted by Gasteiger charge is 2.11. The van der Waals surface area contributed by atoms with Crippen LogP contribution in [0.2, 0.25) is 0 Å². The van der Waals surface area contributed by atoms with Crippen LogP contribution in [0.4, 0.5) is 5.82 Å². The van der Waals surface area contributed by atoms with Crippen LogP contribution >= 0.6 is 0 Å². The molecule has 0 bridgehead atoms. The molecule has 0 aliphatic heterocycles. The monoisotopic (exact) mass is 280 g/mol. The highest BCUT2D eigenvalue weighted by molar-refractivity contribution is 6.05. The third-order valence-electron chi connectivity index (χ3n) is 3.01. The Bertz CT molecular complexity index is 727. The van der Waals surface area contributed by atoms with Gasteiger partial charge in [-0.05, 0) is 43.7 Å². The van der Waals surface area contributed by atoms with Crippen molar-refractivity contribution in [1.82, 2.24) is 4.98 Å². The molecule has 0 saturated carbocycles. The first-order chi connectivity index (χ1) is 10.1. The summed E-state index contributed by atoms with van der Waals surface area (Å²) in [6.07, 6.45) is 0. The van der Waals surface area contributed by atoms with Crippen LogP contribution in [-0.4, -0.2) is 22.6 Å². The van der Waals surface area contributed by atoms with Gasteiger partial charge in [0.25, 0.3) is 5.91 Å². The minimum absolute atomic E-state index is 0.205. The Labute approximate surface area is 123 Å². The normalized spacial score (nSPS) is 9.67. The molecule has 1 aromatic heterocycles. The number of amides is 1. The molecule has 1 aromatic carbocycles. The molecule has 0 spiro atoms. The lowest BCUT2D eigenvalue weighted by Crippen LogP contribution is -2.15. The first kappa shape index (κ1) is 14.8. The van der Waals surface area contributed by atoms with Crippen LogP contribution in [0.15, 0.2) is 36.4 Å². The van der Waals surface area contributed by atoms with Gasteiger partial charge in [0.05, 0.1) is 0 Å². The summed E-state index contributed by atoms with van der Waals surface area (Å²) >= 11 is 0. The second kappa shape index (κ2) is 6.69. The molecule has 1 amide bonds. The fourth-order valence-corrected chi connectivity index (χ4v) is 1.95. The molecular weight excluding hydrogens is 264 g/mol. The number of aryl methyl sites for hydroxylation is 1.